The molecule has 0 saturated heterocycles. The summed E-state index contributed by atoms with van der Waals surface area (Å²) in [6.07, 6.45) is 2.83. The highest BCUT2D eigenvalue weighted by atomic mass is 79.9. The van der Waals surface area contributed by atoms with Gasteiger partial charge in [0, 0.05) is 8.95 Å². The van der Waals surface area contributed by atoms with Crippen LogP contribution in [-0.4, -0.2) is 30.1 Å². The van der Waals surface area contributed by atoms with Gasteiger partial charge in [0.05, 0.1) is 17.5 Å². The number of hydrogen-bond acceptors (Lipinski definition) is 4. The van der Waals surface area contributed by atoms with E-state index in [1.807, 2.05) is 0 Å². The molecule has 1 N–H and O–H groups in total. The van der Waals surface area contributed by atoms with Gasteiger partial charge in [0.25, 0.3) is 7.64 Å². The van der Waals surface area contributed by atoms with Crippen molar-refractivity contribution in [3.63, 3.8) is 0 Å². The van der Waals surface area contributed by atoms with Crippen molar-refractivity contribution in [2.45, 2.75) is 18.9 Å². The third kappa shape index (κ3) is 5.46. The third-order valence-electron chi connectivity index (χ3n) is 5.21. The number of urea groups is 1. The summed E-state index contributed by atoms with van der Waals surface area (Å²) in [5.74, 6) is 0.729. The van der Waals surface area contributed by atoms with Gasteiger partial charge in [-0.1, -0.05) is 31.9 Å². The minimum atomic E-state index is -3.23. The number of halogens is 2. The summed E-state index contributed by atoms with van der Waals surface area (Å²) >= 11 is 6.77. The van der Waals surface area contributed by atoms with Gasteiger partial charge >= 0.3 is 6.03 Å². The summed E-state index contributed by atoms with van der Waals surface area (Å²) < 4.78 is 8.77. The van der Waals surface area contributed by atoms with E-state index in [1.54, 1.807) is 79.5 Å². The molecule has 0 aromatic heterocycles. The van der Waals surface area contributed by atoms with Crippen LogP contribution < -0.4 is 19.6 Å². The fourth-order valence-corrected chi connectivity index (χ4v) is 5.79. The molecule has 0 radical (unpaired) electrons. The Bertz CT molecular complexity index is 1130. The molecule has 1 unspecified atom stereocenters. The molecule has 3 aromatic carbocycles. The molecule has 33 heavy (non-hydrogen) atoms. The average molecular weight is 593 g/mol. The Labute approximate surface area is 209 Å². The first-order chi connectivity index (χ1) is 15.8. The number of nitrogens with zero attached hydrogens (tertiary/aromatic N) is 2. The molecule has 0 bridgehead atoms. The third-order valence-corrected chi connectivity index (χ3v) is 8.73. The van der Waals surface area contributed by atoms with Crippen molar-refractivity contribution in [2.75, 3.05) is 16.2 Å². The quantitative estimate of drug-likeness (QED) is 0.264. The number of hydrogen-bond donors (Lipinski definition) is 1. The SMILES string of the molecule is C[P+](O)(c1ccc(OC2CC2)cc1)N(C(=O)N(C=O)c1ccc(Br)cc1)c1ccc(Br)cc1. The number of anilines is 2. The Hall–Kier alpha value is -2.25. The molecule has 0 spiro atoms. The first kappa shape index (κ1) is 23.9. The molecule has 4 rings (SSSR count). The first-order valence-electron chi connectivity index (χ1n) is 10.3. The predicted octanol–water partition coefficient (Wildman–Crippen LogP) is 6.14. The van der Waals surface area contributed by atoms with Crippen molar-refractivity contribution in [1.29, 1.82) is 0 Å². The summed E-state index contributed by atoms with van der Waals surface area (Å²) in [6.45, 7) is 1.63. The maximum absolute atomic E-state index is 13.7. The monoisotopic (exact) mass is 591 g/mol. The van der Waals surface area contributed by atoms with Crippen molar-refractivity contribution < 1.29 is 19.2 Å². The topological polar surface area (TPSA) is 70.1 Å². The summed E-state index contributed by atoms with van der Waals surface area (Å²) in [5, 5.41) is 0.587. The normalized spacial score (nSPS) is 14.8. The predicted molar refractivity (Wildman–Crippen MR) is 139 cm³/mol. The minimum absolute atomic E-state index is 0.263. The highest BCUT2D eigenvalue weighted by Gasteiger charge is 2.47. The van der Waals surface area contributed by atoms with Crippen LogP contribution >= 0.6 is 39.5 Å². The van der Waals surface area contributed by atoms with Crippen molar-refractivity contribution in [2.24, 2.45) is 0 Å². The Morgan fingerprint density at radius 3 is 1.94 bits per heavy atom. The van der Waals surface area contributed by atoms with Gasteiger partial charge in [0.2, 0.25) is 6.41 Å². The minimum Gasteiger partial charge on any atom is -0.490 e. The standard InChI is InChI=1S/C24H22Br2N2O4P/c1-33(31,23-14-12-22(13-15-23)32-21-10-11-21)28(20-8-4-18(26)5-9-20)24(30)27(16-29)19-6-2-17(25)3-7-19/h2-9,12-16,21,31H,10-11H2,1H3/q+1. The molecule has 1 saturated carbocycles. The van der Waals surface area contributed by atoms with Gasteiger partial charge in [-0.2, -0.15) is 0 Å². The van der Waals surface area contributed by atoms with Gasteiger partial charge < -0.3 is 4.74 Å². The maximum atomic E-state index is 13.7. The van der Waals surface area contributed by atoms with Crippen LogP contribution in [0, 0.1) is 0 Å². The van der Waals surface area contributed by atoms with E-state index in [0.29, 0.717) is 23.1 Å². The lowest BCUT2D eigenvalue weighted by Crippen LogP contribution is -2.44. The van der Waals surface area contributed by atoms with Crippen molar-refractivity contribution in [3.05, 3.63) is 81.7 Å². The van der Waals surface area contributed by atoms with Gasteiger partial charge in [0.15, 0.2) is 0 Å². The number of amides is 3. The molecule has 170 valence electrons. The fourth-order valence-electron chi connectivity index (χ4n) is 3.31. The van der Waals surface area contributed by atoms with Crippen LogP contribution in [0.1, 0.15) is 12.8 Å². The number of benzene rings is 3. The second kappa shape index (κ2) is 9.94. The van der Waals surface area contributed by atoms with Crippen LogP contribution in [0.25, 0.3) is 0 Å². The zero-order chi connectivity index (χ0) is 23.6. The smallest absolute Gasteiger partial charge is 0.370 e. The number of carbonyl (C=O) groups is 2. The van der Waals surface area contributed by atoms with Crippen molar-refractivity contribution in [3.8, 4) is 5.75 Å². The van der Waals surface area contributed by atoms with E-state index in [1.165, 1.54) is 4.67 Å². The largest absolute Gasteiger partial charge is 0.490 e. The summed E-state index contributed by atoms with van der Waals surface area (Å²) in [6, 6.07) is 20.3. The van der Waals surface area contributed by atoms with Gasteiger partial charge in [0.1, 0.15) is 17.7 Å². The fraction of sp³-hybridized carbons (Fsp3) is 0.167. The Kier molecular flexibility index (Phi) is 7.19. The van der Waals surface area contributed by atoms with Crippen molar-refractivity contribution in [1.82, 2.24) is 0 Å². The van der Waals surface area contributed by atoms with Crippen molar-refractivity contribution >= 4 is 68.6 Å². The second-order valence-electron chi connectivity index (χ2n) is 7.75. The average Bonchev–Trinajstić information content (AvgIpc) is 3.61. The number of rotatable bonds is 7. The Balaban J connectivity index is 1.73. The number of imide groups is 1. The second-order valence-corrected chi connectivity index (χ2v) is 12.3. The lowest BCUT2D eigenvalue weighted by Gasteiger charge is -2.31. The summed E-state index contributed by atoms with van der Waals surface area (Å²) in [5.41, 5.74) is 0.872. The number of ether oxygens (including phenoxy) is 1. The molecule has 0 heterocycles. The maximum Gasteiger partial charge on any atom is 0.370 e. The van der Waals surface area contributed by atoms with E-state index in [2.05, 4.69) is 31.9 Å². The Morgan fingerprint density at radius 1 is 0.939 bits per heavy atom. The lowest BCUT2D eigenvalue weighted by molar-refractivity contribution is -0.106. The molecule has 0 aliphatic heterocycles. The summed E-state index contributed by atoms with van der Waals surface area (Å²) in [7, 11) is -3.23. The lowest BCUT2D eigenvalue weighted by atomic mass is 10.3. The van der Waals surface area contributed by atoms with E-state index < -0.39 is 13.7 Å². The van der Waals surface area contributed by atoms with Gasteiger partial charge in [-0.3, -0.25) is 4.79 Å². The van der Waals surface area contributed by atoms with Crippen LogP contribution in [0.3, 0.4) is 0 Å². The molecule has 6 nitrogen and oxygen atoms in total. The van der Waals surface area contributed by atoms with Crippen LogP contribution in [0.15, 0.2) is 81.7 Å². The zero-order valence-corrected chi connectivity index (χ0v) is 21.8. The van der Waals surface area contributed by atoms with E-state index in [4.69, 9.17) is 4.74 Å². The summed E-state index contributed by atoms with van der Waals surface area (Å²) in [4.78, 5) is 38.5. The van der Waals surface area contributed by atoms with E-state index >= 15 is 0 Å². The van der Waals surface area contributed by atoms with E-state index in [-0.39, 0.29) is 6.10 Å². The van der Waals surface area contributed by atoms with Crippen LogP contribution in [0.4, 0.5) is 16.2 Å². The highest BCUT2D eigenvalue weighted by molar-refractivity contribution is 9.10. The first-order valence-corrected chi connectivity index (χ1v) is 14.0. The van der Waals surface area contributed by atoms with Gasteiger partial charge in [-0.25, -0.2) is 14.6 Å². The van der Waals surface area contributed by atoms with Crippen LogP contribution in [0.2, 0.25) is 0 Å². The van der Waals surface area contributed by atoms with Crippen LogP contribution in [0.5, 0.6) is 5.75 Å². The molecule has 1 atom stereocenters. The van der Waals surface area contributed by atoms with Gasteiger partial charge in [-0.15, -0.1) is 4.67 Å². The molecular formula is C24H22Br2N2O4P+. The van der Waals surface area contributed by atoms with Gasteiger partial charge in [-0.05, 0) is 85.6 Å². The molecule has 1 fully saturated rings. The number of carbonyl (C=O) groups excluding carboxylic acids is 2. The molecule has 1 aliphatic rings. The molecule has 1 aliphatic carbocycles. The van der Waals surface area contributed by atoms with Crippen LogP contribution in [-0.2, 0) is 4.79 Å². The molecular weight excluding hydrogens is 571 g/mol. The molecule has 3 aromatic rings. The zero-order valence-electron chi connectivity index (χ0n) is 17.8. The molecule has 3 amide bonds. The highest BCUT2D eigenvalue weighted by Crippen LogP contribution is 2.56. The molecule has 9 heteroatoms. The van der Waals surface area contributed by atoms with E-state index in [0.717, 1.165) is 32.4 Å². The Morgan fingerprint density at radius 2 is 1.45 bits per heavy atom. The van der Waals surface area contributed by atoms with E-state index in [9.17, 15) is 14.5 Å².